The Balaban J connectivity index is 0.00000272. The first kappa shape index (κ1) is 23.1. The van der Waals surface area contributed by atoms with Gasteiger partial charge in [0.1, 0.15) is 5.84 Å². The molecular weight excluding hydrogens is 435 g/mol. The van der Waals surface area contributed by atoms with Crippen molar-refractivity contribution in [1.82, 2.24) is 4.90 Å². The van der Waals surface area contributed by atoms with Gasteiger partial charge in [-0.05, 0) is 55.0 Å². The minimum atomic E-state index is -0.468. The van der Waals surface area contributed by atoms with Crippen LogP contribution in [0.5, 0.6) is 0 Å². The summed E-state index contributed by atoms with van der Waals surface area (Å²) in [4.78, 5) is 27.6. The molecule has 2 fully saturated rings. The number of nitrogens with two attached hydrogens (primary N) is 1. The first-order chi connectivity index (χ1) is 14.4. The molecule has 0 radical (unpaired) electrons. The van der Waals surface area contributed by atoms with Crippen LogP contribution in [0.25, 0.3) is 0 Å². The molecule has 2 aromatic rings. The number of amidine groups is 1. The molecule has 31 heavy (non-hydrogen) atoms. The van der Waals surface area contributed by atoms with Crippen LogP contribution in [0.4, 0.5) is 5.69 Å². The number of nitrogen functional groups attached to an aromatic ring is 1. The van der Waals surface area contributed by atoms with Gasteiger partial charge in [0.2, 0.25) is 11.8 Å². The molecular formula is C23H26Cl2N4O2. The first-order valence-corrected chi connectivity index (χ1v) is 10.6. The number of carbonyl (C=O) groups is 2. The lowest BCUT2D eigenvalue weighted by Crippen LogP contribution is -2.37. The second kappa shape index (κ2) is 9.28. The van der Waals surface area contributed by atoms with Gasteiger partial charge in [0.15, 0.2) is 0 Å². The quantitative estimate of drug-likeness (QED) is 0.450. The Morgan fingerprint density at radius 2 is 1.84 bits per heavy atom. The summed E-state index contributed by atoms with van der Waals surface area (Å²) in [6.45, 7) is 1.66. The lowest BCUT2D eigenvalue weighted by Gasteiger charge is -2.23. The topological polar surface area (TPSA) is 99.3 Å². The van der Waals surface area contributed by atoms with E-state index in [0.717, 1.165) is 49.9 Å². The predicted octanol–water partition coefficient (Wildman–Crippen LogP) is 3.88. The summed E-state index contributed by atoms with van der Waals surface area (Å²) in [6.07, 6.45) is 3.92. The third kappa shape index (κ3) is 4.86. The van der Waals surface area contributed by atoms with E-state index in [2.05, 4.69) is 5.32 Å². The number of rotatable bonds is 6. The third-order valence-corrected chi connectivity index (χ3v) is 6.28. The van der Waals surface area contributed by atoms with Crippen LogP contribution in [0.2, 0.25) is 5.02 Å². The van der Waals surface area contributed by atoms with E-state index in [-0.39, 0.29) is 36.5 Å². The molecule has 2 aliphatic rings. The van der Waals surface area contributed by atoms with Gasteiger partial charge in [0.25, 0.3) is 0 Å². The van der Waals surface area contributed by atoms with Crippen molar-refractivity contribution in [2.75, 3.05) is 18.4 Å². The normalized spacial score (nSPS) is 16.4. The fourth-order valence-electron chi connectivity index (χ4n) is 4.12. The van der Waals surface area contributed by atoms with Crippen molar-refractivity contribution in [2.45, 2.75) is 37.5 Å². The molecule has 1 aliphatic carbocycles. The summed E-state index contributed by atoms with van der Waals surface area (Å²) in [5, 5.41) is 10.8. The van der Waals surface area contributed by atoms with E-state index >= 15 is 0 Å². The number of hydrogen-bond donors (Lipinski definition) is 3. The minimum absolute atomic E-state index is 0. The highest BCUT2D eigenvalue weighted by atomic mass is 35.5. The largest absolute Gasteiger partial charge is 0.384 e. The van der Waals surface area contributed by atoms with Gasteiger partial charge in [-0.1, -0.05) is 35.9 Å². The molecule has 0 bridgehead atoms. The number of hydrogen-bond acceptors (Lipinski definition) is 3. The number of carbonyl (C=O) groups excluding carboxylic acids is 2. The van der Waals surface area contributed by atoms with Crippen LogP contribution < -0.4 is 11.1 Å². The summed E-state index contributed by atoms with van der Waals surface area (Å²) in [6, 6.07) is 12.5. The molecule has 6 nitrogen and oxygen atoms in total. The van der Waals surface area contributed by atoms with Crippen molar-refractivity contribution < 1.29 is 9.59 Å². The summed E-state index contributed by atoms with van der Waals surface area (Å²) >= 11 is 6.33. The summed E-state index contributed by atoms with van der Waals surface area (Å²) in [5.74, 6) is -0.0588. The lowest BCUT2D eigenvalue weighted by molar-refractivity contribution is -0.132. The summed E-state index contributed by atoms with van der Waals surface area (Å²) in [5.41, 5.74) is 7.83. The summed E-state index contributed by atoms with van der Waals surface area (Å²) in [7, 11) is 0. The Morgan fingerprint density at radius 1 is 1.13 bits per heavy atom. The molecule has 1 heterocycles. The molecule has 2 aromatic carbocycles. The van der Waals surface area contributed by atoms with Crippen molar-refractivity contribution >= 4 is 47.3 Å². The molecule has 8 heteroatoms. The zero-order valence-electron chi connectivity index (χ0n) is 17.1. The Morgan fingerprint density at radius 3 is 2.48 bits per heavy atom. The maximum Gasteiger partial charge on any atom is 0.233 e. The molecule has 164 valence electrons. The molecule has 0 atom stereocenters. The van der Waals surface area contributed by atoms with Crippen LogP contribution in [0.15, 0.2) is 42.5 Å². The lowest BCUT2D eigenvalue weighted by atomic mass is 9.93. The van der Waals surface area contributed by atoms with E-state index in [1.54, 1.807) is 24.3 Å². The van der Waals surface area contributed by atoms with E-state index in [0.29, 0.717) is 16.3 Å². The van der Waals surface area contributed by atoms with E-state index in [1.807, 2.05) is 23.1 Å². The van der Waals surface area contributed by atoms with Crippen LogP contribution in [-0.4, -0.2) is 35.6 Å². The SMILES string of the molecule is Cl.N=C(N)c1cccc(CC(=O)Nc2cc(C3(C(=O)N4CCCC4)CC3)ccc2Cl)c1. The second-order valence-electron chi connectivity index (χ2n) is 8.12. The fourth-order valence-corrected chi connectivity index (χ4v) is 4.29. The van der Waals surface area contributed by atoms with Crippen LogP contribution in [0.1, 0.15) is 42.4 Å². The molecule has 4 rings (SSSR count). The van der Waals surface area contributed by atoms with Crippen molar-refractivity contribution in [1.29, 1.82) is 5.41 Å². The molecule has 2 amide bonds. The van der Waals surface area contributed by atoms with Gasteiger partial charge in [-0.25, -0.2) is 0 Å². The predicted molar refractivity (Wildman–Crippen MR) is 125 cm³/mol. The van der Waals surface area contributed by atoms with Crippen molar-refractivity contribution in [2.24, 2.45) is 5.73 Å². The van der Waals surface area contributed by atoms with E-state index < -0.39 is 5.41 Å². The smallest absolute Gasteiger partial charge is 0.233 e. The zero-order chi connectivity index (χ0) is 21.3. The van der Waals surface area contributed by atoms with Crippen LogP contribution in [-0.2, 0) is 21.4 Å². The number of amides is 2. The molecule has 0 aromatic heterocycles. The average Bonchev–Trinajstić information content (AvgIpc) is 3.35. The highest BCUT2D eigenvalue weighted by Crippen LogP contribution is 2.51. The molecule has 1 aliphatic heterocycles. The standard InChI is InChI=1S/C23H25ClN4O2.ClH/c24-18-7-6-17(23(8-9-23)22(30)28-10-1-2-11-28)14-19(18)27-20(29)13-15-4-3-5-16(12-15)21(25)26;/h3-7,12,14H,1-2,8-11,13H2,(H3,25,26)(H,27,29);1H. The van der Waals surface area contributed by atoms with Crippen LogP contribution >= 0.6 is 24.0 Å². The number of benzene rings is 2. The Labute approximate surface area is 193 Å². The number of nitrogens with one attached hydrogen (secondary N) is 2. The van der Waals surface area contributed by atoms with Crippen LogP contribution in [0, 0.1) is 5.41 Å². The maximum atomic E-state index is 13.1. The van der Waals surface area contributed by atoms with Gasteiger partial charge in [-0.3, -0.25) is 15.0 Å². The molecule has 1 saturated carbocycles. The average molecular weight is 461 g/mol. The first-order valence-electron chi connectivity index (χ1n) is 10.2. The van der Waals surface area contributed by atoms with Crippen LogP contribution in [0.3, 0.4) is 0 Å². The van der Waals surface area contributed by atoms with Gasteiger partial charge in [-0.2, -0.15) is 0 Å². The van der Waals surface area contributed by atoms with E-state index in [1.165, 1.54) is 0 Å². The van der Waals surface area contributed by atoms with E-state index in [4.69, 9.17) is 22.7 Å². The maximum absolute atomic E-state index is 13.1. The van der Waals surface area contributed by atoms with Gasteiger partial charge in [0.05, 0.1) is 22.5 Å². The third-order valence-electron chi connectivity index (χ3n) is 5.95. The number of halogens is 2. The number of likely N-dealkylation sites (tertiary alicyclic amines) is 1. The molecule has 4 N–H and O–H groups in total. The highest BCUT2D eigenvalue weighted by Gasteiger charge is 2.53. The Hall–Kier alpha value is -2.57. The summed E-state index contributed by atoms with van der Waals surface area (Å²) < 4.78 is 0. The molecule has 1 saturated heterocycles. The van der Waals surface area contributed by atoms with E-state index in [9.17, 15) is 9.59 Å². The highest BCUT2D eigenvalue weighted by molar-refractivity contribution is 6.33. The Bertz CT molecular complexity index is 1010. The van der Waals surface area contributed by atoms with Gasteiger partial charge >= 0.3 is 0 Å². The monoisotopic (exact) mass is 460 g/mol. The van der Waals surface area contributed by atoms with Crippen molar-refractivity contribution in [3.63, 3.8) is 0 Å². The van der Waals surface area contributed by atoms with Gasteiger partial charge < -0.3 is 16.0 Å². The Kier molecular flexibility index (Phi) is 6.92. The van der Waals surface area contributed by atoms with Gasteiger partial charge in [-0.15, -0.1) is 12.4 Å². The van der Waals surface area contributed by atoms with Crippen molar-refractivity contribution in [3.05, 3.63) is 64.2 Å². The zero-order valence-corrected chi connectivity index (χ0v) is 18.7. The van der Waals surface area contributed by atoms with Gasteiger partial charge in [0, 0.05) is 18.7 Å². The van der Waals surface area contributed by atoms with Crippen molar-refractivity contribution in [3.8, 4) is 0 Å². The molecule has 0 unspecified atom stereocenters. The number of anilines is 1. The molecule has 0 spiro atoms. The fraction of sp³-hybridized carbons (Fsp3) is 0.348. The second-order valence-corrected chi connectivity index (χ2v) is 8.52. The number of nitrogens with zero attached hydrogens (tertiary/aromatic N) is 1. The minimum Gasteiger partial charge on any atom is -0.384 e.